The fourth-order valence-corrected chi connectivity index (χ4v) is 4.53. The second-order valence-electron chi connectivity index (χ2n) is 11.0. The molecule has 2 fully saturated rings. The minimum atomic E-state index is 0. The number of anilines is 1. The normalized spacial score (nSPS) is 11.1. The zero-order valence-electron chi connectivity index (χ0n) is 37.8. The SMILES string of the molecule is C.C.C.CC.CC.CC.CC.CC1CCCCC1.C[B]C.C[B]C.[CH-]=Cc1[c-]nc(C[B]C)nc1CC.[CH-]=Cc1[c-]nc(C[B]C)nc1N1CCCCC1.[Y].[Y]. The number of hydrogen-bond donors (Lipinski definition) is 0. The minimum Gasteiger partial charge on any atom is -0.410 e. The first kappa shape index (κ1) is 80.0. The molecule has 11 heteroatoms. The summed E-state index contributed by atoms with van der Waals surface area (Å²) in [6, 6.07) is 0. The second kappa shape index (κ2) is 66.7. The van der Waals surface area contributed by atoms with Crippen molar-refractivity contribution in [1.82, 2.24) is 19.9 Å². The minimum absolute atomic E-state index is 0. The molecule has 0 aromatic carbocycles. The fourth-order valence-electron chi connectivity index (χ4n) is 4.53. The van der Waals surface area contributed by atoms with Crippen molar-refractivity contribution in [2.45, 2.75) is 203 Å². The standard InChI is InChI=1S/C13H17BN3.C10H12BN2.C7H14.2C2H6B.4C2H6.3CH4.2Y/c1-3-11-10-15-12(9-14-2)16-13(11)17-7-5-4-6-8-17;1-4-8-7-12-10(6-11-3)13-9(8)5-2;1-7-5-3-2-4-6-7;2*1-3-2;4*1-2;;;;;/h1,3H,4-9H2,2H3;1,4H,5-6H2,2-3H3;7H,2-6H2,1H3;2*1-2H3;4*1-2H3;3*1H4;;/q2*-2;;;;;;;;;;;;. The third-order valence-corrected chi connectivity index (χ3v) is 6.65. The Labute approximate surface area is 409 Å². The second-order valence-corrected chi connectivity index (χ2v) is 11.0. The van der Waals surface area contributed by atoms with Crippen LogP contribution in [0.1, 0.15) is 171 Å². The van der Waals surface area contributed by atoms with Gasteiger partial charge in [-0.3, -0.25) is 5.56 Å². The van der Waals surface area contributed by atoms with Crippen LogP contribution in [0.3, 0.4) is 0 Å². The van der Waals surface area contributed by atoms with Gasteiger partial charge in [0, 0.05) is 90.2 Å². The molecule has 2 aliphatic rings. The third kappa shape index (κ3) is 45.0. The molecule has 1 aliphatic carbocycles. The van der Waals surface area contributed by atoms with E-state index in [0.29, 0.717) is 0 Å². The van der Waals surface area contributed by atoms with Gasteiger partial charge >= 0.3 is 0 Å². The van der Waals surface area contributed by atoms with Crippen LogP contribution in [0.15, 0.2) is 0 Å². The van der Waals surface area contributed by atoms with Crippen LogP contribution < -0.4 is 4.90 Å². The Morgan fingerprint density at radius 2 is 0.982 bits per heavy atom. The Morgan fingerprint density at radius 3 is 1.30 bits per heavy atom. The van der Waals surface area contributed by atoms with E-state index in [1.54, 1.807) is 6.08 Å². The molecule has 2 aromatic heterocycles. The molecule has 0 N–H and O–H groups in total. The number of aryl methyl sites for hydroxylation is 1. The first-order valence-electron chi connectivity index (χ1n) is 20.3. The maximum absolute atomic E-state index is 5.61. The van der Waals surface area contributed by atoms with Crippen LogP contribution in [-0.2, 0) is 84.5 Å². The Bertz CT molecular complexity index is 991. The molecule has 0 spiro atoms. The van der Waals surface area contributed by atoms with E-state index < -0.39 is 0 Å². The Morgan fingerprint density at radius 1 is 0.625 bits per heavy atom. The largest absolute Gasteiger partial charge is 0.410 e. The molecule has 3 heterocycles. The van der Waals surface area contributed by atoms with Crippen LogP contribution in [-0.4, -0.2) is 62.1 Å². The smallest absolute Gasteiger partial charge is 0.104 e. The molecule has 0 unspecified atom stereocenters. The van der Waals surface area contributed by atoms with Crippen molar-refractivity contribution in [3.63, 3.8) is 0 Å². The first-order chi connectivity index (χ1) is 24.9. The first-order valence-corrected chi connectivity index (χ1v) is 20.3. The average Bonchev–Trinajstić information content (AvgIpc) is 3.20. The van der Waals surface area contributed by atoms with Crippen LogP contribution in [0.25, 0.3) is 12.2 Å². The van der Waals surface area contributed by atoms with Gasteiger partial charge in [0.05, 0.1) is 0 Å². The zero-order valence-corrected chi connectivity index (χ0v) is 43.5. The molecular formula is C45H91B4N5Y2-4. The van der Waals surface area contributed by atoms with E-state index in [1.807, 2.05) is 125 Å². The van der Waals surface area contributed by atoms with Crippen molar-refractivity contribution in [1.29, 1.82) is 0 Å². The molecule has 1 saturated heterocycles. The predicted octanol–water partition coefficient (Wildman–Crippen LogP) is 13.7. The summed E-state index contributed by atoms with van der Waals surface area (Å²) in [5.74, 6) is 3.61. The van der Waals surface area contributed by atoms with Crippen molar-refractivity contribution in [3.8, 4) is 0 Å². The van der Waals surface area contributed by atoms with E-state index in [4.69, 9.17) is 13.2 Å². The van der Waals surface area contributed by atoms with Gasteiger partial charge in [-0.25, -0.2) is 5.56 Å². The monoisotopic (exact) mass is 924 g/mol. The zero-order chi connectivity index (χ0) is 40.3. The number of nitrogens with zero attached hydrogens (tertiary/aromatic N) is 5. The Balaban J connectivity index is -0.0000000607. The van der Waals surface area contributed by atoms with E-state index in [-0.39, 0.29) is 87.7 Å². The molecule has 1 saturated carbocycles. The van der Waals surface area contributed by atoms with Crippen molar-refractivity contribution in [2.75, 3.05) is 18.0 Å². The summed E-state index contributed by atoms with van der Waals surface area (Å²) in [4.78, 5) is 19.5. The molecule has 318 valence electrons. The predicted molar refractivity (Wildman–Crippen MR) is 258 cm³/mol. The van der Waals surface area contributed by atoms with E-state index in [0.717, 1.165) is 72.4 Å². The van der Waals surface area contributed by atoms with Crippen molar-refractivity contribution >= 4 is 47.1 Å². The molecule has 4 rings (SSSR count). The summed E-state index contributed by atoms with van der Waals surface area (Å²) in [5, 5.41) is 0. The molecule has 2 aromatic rings. The van der Waals surface area contributed by atoms with E-state index in [9.17, 15) is 0 Å². The van der Waals surface area contributed by atoms with Crippen molar-refractivity contribution in [3.05, 3.63) is 54.0 Å². The summed E-state index contributed by atoms with van der Waals surface area (Å²) >= 11 is 0. The van der Waals surface area contributed by atoms with Gasteiger partial charge in [-0.1, -0.05) is 184 Å². The van der Waals surface area contributed by atoms with Crippen LogP contribution in [0.2, 0.25) is 40.9 Å². The van der Waals surface area contributed by atoms with E-state index in [2.05, 4.69) is 51.4 Å². The van der Waals surface area contributed by atoms with Gasteiger partial charge in [-0.2, -0.15) is 0 Å². The molecule has 1 aliphatic heterocycles. The summed E-state index contributed by atoms with van der Waals surface area (Å²) in [7, 11) is 8.07. The molecule has 0 amide bonds. The maximum Gasteiger partial charge on any atom is 0.104 e. The van der Waals surface area contributed by atoms with Gasteiger partial charge in [-0.15, -0.1) is 18.1 Å². The number of hydrogen-bond acceptors (Lipinski definition) is 5. The topological polar surface area (TPSA) is 54.8 Å². The Kier molecular flexibility index (Phi) is 95.3. The van der Waals surface area contributed by atoms with E-state index in [1.165, 1.54) is 57.4 Å². The molecule has 6 radical (unpaired) electrons. The molecule has 5 nitrogen and oxygen atoms in total. The quantitative estimate of drug-likeness (QED) is 0.195. The van der Waals surface area contributed by atoms with Crippen LogP contribution in [0.5, 0.6) is 0 Å². The van der Waals surface area contributed by atoms with Crippen LogP contribution in [0.4, 0.5) is 5.82 Å². The average molecular weight is 923 g/mol. The van der Waals surface area contributed by atoms with Gasteiger partial charge in [0.25, 0.3) is 0 Å². The number of aromatic nitrogens is 4. The molecular weight excluding hydrogens is 832 g/mol. The molecule has 56 heavy (non-hydrogen) atoms. The number of piperidine rings is 1. The summed E-state index contributed by atoms with van der Waals surface area (Å²) in [6.07, 6.45) is 22.5. The van der Waals surface area contributed by atoms with Crippen molar-refractivity contribution in [2.24, 2.45) is 5.92 Å². The number of rotatable bonds is 8. The van der Waals surface area contributed by atoms with Gasteiger partial charge in [0.1, 0.15) is 29.1 Å². The Hall–Kier alpha value is -0.0925. The summed E-state index contributed by atoms with van der Waals surface area (Å²) < 4.78 is 0. The maximum atomic E-state index is 5.61. The molecule has 0 bridgehead atoms. The molecule has 0 atom stereocenters. The van der Waals surface area contributed by atoms with E-state index >= 15 is 0 Å². The fraction of sp³-hybridized carbons (Fsp3) is 0.733. The van der Waals surface area contributed by atoms with Crippen LogP contribution in [0, 0.1) is 31.5 Å². The third-order valence-electron chi connectivity index (χ3n) is 6.65. The van der Waals surface area contributed by atoms with Gasteiger partial charge in [0.15, 0.2) is 0 Å². The van der Waals surface area contributed by atoms with Crippen molar-refractivity contribution < 1.29 is 65.4 Å². The summed E-state index contributed by atoms with van der Waals surface area (Å²) in [5.41, 5.74) is 2.59. The van der Waals surface area contributed by atoms with Gasteiger partial charge in [-0.05, 0) is 31.0 Å². The van der Waals surface area contributed by atoms with Crippen LogP contribution >= 0.6 is 0 Å². The van der Waals surface area contributed by atoms with Gasteiger partial charge in [0.2, 0.25) is 0 Å². The summed E-state index contributed by atoms with van der Waals surface area (Å²) in [6.45, 7) is 45.5. The van der Waals surface area contributed by atoms with Gasteiger partial charge < -0.3 is 50.1 Å².